The fraction of sp³-hybridized carbons (Fsp3) is 0.455. The van der Waals surface area contributed by atoms with E-state index in [1.165, 1.54) is 12.0 Å². The minimum Gasteiger partial charge on any atom is -0.353 e. The number of carbonyl (C=O) groups excluding carboxylic acids is 1. The van der Waals surface area contributed by atoms with Gasteiger partial charge in [-0.05, 0) is 50.3 Å². The molecule has 1 aromatic carbocycles. The van der Waals surface area contributed by atoms with Gasteiger partial charge in [-0.15, -0.1) is 0 Å². The summed E-state index contributed by atoms with van der Waals surface area (Å²) >= 11 is 0. The highest BCUT2D eigenvalue weighted by Crippen LogP contribution is 2.23. The van der Waals surface area contributed by atoms with Crippen molar-refractivity contribution in [3.05, 3.63) is 59.8 Å². The van der Waals surface area contributed by atoms with E-state index in [1.807, 2.05) is 18.2 Å². The summed E-state index contributed by atoms with van der Waals surface area (Å²) in [6, 6.07) is 14.6. The molecule has 4 heteroatoms. The number of aromatic nitrogens is 1. The molecule has 1 unspecified atom stereocenters. The van der Waals surface area contributed by atoms with Gasteiger partial charge in [-0.3, -0.25) is 4.79 Å². The molecule has 1 fully saturated rings. The number of carbonyl (C=O) groups is 1. The van der Waals surface area contributed by atoms with E-state index in [9.17, 15) is 4.79 Å². The quantitative estimate of drug-likeness (QED) is 0.768. The first-order chi connectivity index (χ1) is 12.7. The van der Waals surface area contributed by atoms with Crippen LogP contribution in [0.2, 0.25) is 0 Å². The van der Waals surface area contributed by atoms with Crippen molar-refractivity contribution in [1.82, 2.24) is 9.88 Å². The Kier molecular flexibility index (Phi) is 6.26. The number of hydrogen-bond acceptors (Lipinski definition) is 3. The van der Waals surface area contributed by atoms with Crippen LogP contribution >= 0.6 is 0 Å². The van der Waals surface area contributed by atoms with Gasteiger partial charge in [0, 0.05) is 37.4 Å². The first-order valence-electron chi connectivity index (χ1n) is 9.78. The zero-order valence-corrected chi connectivity index (χ0v) is 15.9. The molecule has 26 heavy (non-hydrogen) atoms. The second-order valence-electron chi connectivity index (χ2n) is 6.96. The first-order valence-corrected chi connectivity index (χ1v) is 9.78. The van der Waals surface area contributed by atoms with Gasteiger partial charge in [-0.1, -0.05) is 37.3 Å². The highest BCUT2D eigenvalue weighted by Gasteiger charge is 2.26. The molecule has 0 bridgehead atoms. The minimum absolute atomic E-state index is 0.149. The van der Waals surface area contributed by atoms with Gasteiger partial charge in [-0.25, -0.2) is 4.98 Å². The van der Waals surface area contributed by atoms with Crippen LogP contribution in [0.1, 0.15) is 55.5 Å². The third-order valence-electron chi connectivity index (χ3n) is 5.27. The lowest BCUT2D eigenvalue weighted by atomic mass is 9.99. The smallest absolute Gasteiger partial charge is 0.254 e. The average molecular weight is 351 g/mol. The van der Waals surface area contributed by atoms with Crippen molar-refractivity contribution < 1.29 is 4.79 Å². The van der Waals surface area contributed by atoms with Crippen LogP contribution in [0.5, 0.6) is 0 Å². The van der Waals surface area contributed by atoms with Crippen molar-refractivity contribution in [2.75, 3.05) is 18.0 Å². The van der Waals surface area contributed by atoms with Gasteiger partial charge in [-0.2, -0.15) is 0 Å². The number of likely N-dealkylation sites (tertiary alicyclic amines) is 1. The number of pyridine rings is 1. The van der Waals surface area contributed by atoms with Gasteiger partial charge >= 0.3 is 0 Å². The largest absolute Gasteiger partial charge is 0.353 e. The molecule has 1 aromatic heterocycles. The molecule has 138 valence electrons. The number of piperidine rings is 1. The third kappa shape index (κ3) is 4.24. The predicted molar refractivity (Wildman–Crippen MR) is 106 cm³/mol. The summed E-state index contributed by atoms with van der Waals surface area (Å²) in [5.41, 5.74) is 2.00. The molecule has 0 spiro atoms. The second-order valence-corrected chi connectivity index (χ2v) is 6.96. The fourth-order valence-corrected chi connectivity index (χ4v) is 3.74. The Morgan fingerprint density at radius 1 is 1.19 bits per heavy atom. The summed E-state index contributed by atoms with van der Waals surface area (Å²) in [4.78, 5) is 21.9. The molecular formula is C22H29N3O. The van der Waals surface area contributed by atoms with Crippen molar-refractivity contribution in [1.29, 1.82) is 0 Å². The molecule has 1 saturated heterocycles. The number of rotatable bonds is 6. The monoisotopic (exact) mass is 351 g/mol. The lowest BCUT2D eigenvalue weighted by molar-refractivity contribution is 0.0608. The second kappa shape index (κ2) is 8.84. The summed E-state index contributed by atoms with van der Waals surface area (Å²) in [7, 11) is 0. The molecule has 0 aliphatic carbocycles. The van der Waals surface area contributed by atoms with E-state index in [-0.39, 0.29) is 5.91 Å². The standard InChI is InChI=1S/C22H29N3O/c1-3-20-12-8-9-15-25(20)22(26)19-13-14-23-21(16-19)24(4-2)17-18-10-6-5-7-11-18/h5-7,10-11,13-14,16,20H,3-4,8-9,12,15,17H2,1-2H3. The van der Waals surface area contributed by atoms with Crippen LogP contribution in [0.25, 0.3) is 0 Å². The molecule has 0 N–H and O–H groups in total. The van der Waals surface area contributed by atoms with E-state index in [1.54, 1.807) is 6.20 Å². The van der Waals surface area contributed by atoms with Crippen molar-refractivity contribution in [2.45, 2.75) is 52.1 Å². The van der Waals surface area contributed by atoms with Crippen LogP contribution < -0.4 is 4.90 Å². The predicted octanol–water partition coefficient (Wildman–Crippen LogP) is 4.51. The van der Waals surface area contributed by atoms with Crippen molar-refractivity contribution >= 4 is 11.7 Å². The van der Waals surface area contributed by atoms with E-state index in [0.717, 1.165) is 50.3 Å². The summed E-state index contributed by atoms with van der Waals surface area (Å²) in [5, 5.41) is 0. The topological polar surface area (TPSA) is 36.4 Å². The molecule has 1 aliphatic heterocycles. The molecule has 0 radical (unpaired) electrons. The Bertz CT molecular complexity index is 716. The lowest BCUT2D eigenvalue weighted by Crippen LogP contribution is -2.43. The summed E-state index contributed by atoms with van der Waals surface area (Å²) in [6.07, 6.45) is 6.25. The first kappa shape index (κ1) is 18.4. The molecule has 4 nitrogen and oxygen atoms in total. The van der Waals surface area contributed by atoms with Crippen molar-refractivity contribution in [3.63, 3.8) is 0 Å². The van der Waals surface area contributed by atoms with Gasteiger partial charge in [0.1, 0.15) is 5.82 Å². The molecule has 3 rings (SSSR count). The van der Waals surface area contributed by atoms with E-state index in [0.29, 0.717) is 6.04 Å². The maximum atomic E-state index is 13.1. The molecule has 1 aliphatic rings. The van der Waals surface area contributed by atoms with Crippen LogP contribution in [0.15, 0.2) is 48.7 Å². The Balaban J connectivity index is 1.79. The Morgan fingerprint density at radius 3 is 2.73 bits per heavy atom. The van der Waals surface area contributed by atoms with Crippen LogP contribution in [0.3, 0.4) is 0 Å². The number of benzene rings is 1. The highest BCUT2D eigenvalue weighted by atomic mass is 16.2. The highest BCUT2D eigenvalue weighted by molar-refractivity contribution is 5.95. The number of hydrogen-bond donors (Lipinski definition) is 0. The molecule has 2 heterocycles. The van der Waals surface area contributed by atoms with E-state index in [2.05, 4.69) is 52.9 Å². The summed E-state index contributed by atoms with van der Waals surface area (Å²) in [6.45, 7) is 6.81. The van der Waals surface area contributed by atoms with Crippen molar-refractivity contribution in [3.8, 4) is 0 Å². The molecule has 1 atom stereocenters. The van der Waals surface area contributed by atoms with Gasteiger partial charge < -0.3 is 9.80 Å². The van der Waals surface area contributed by atoms with E-state index in [4.69, 9.17) is 0 Å². The lowest BCUT2D eigenvalue weighted by Gasteiger charge is -2.35. The molecular weight excluding hydrogens is 322 g/mol. The van der Waals surface area contributed by atoms with Crippen molar-refractivity contribution in [2.24, 2.45) is 0 Å². The minimum atomic E-state index is 0.149. The van der Waals surface area contributed by atoms with Gasteiger partial charge in [0.05, 0.1) is 0 Å². The molecule has 2 aromatic rings. The summed E-state index contributed by atoms with van der Waals surface area (Å²) in [5.74, 6) is 1.02. The van der Waals surface area contributed by atoms with Crippen LogP contribution in [0.4, 0.5) is 5.82 Å². The Labute approximate surface area is 156 Å². The molecule has 1 amide bonds. The summed E-state index contributed by atoms with van der Waals surface area (Å²) < 4.78 is 0. The van der Waals surface area contributed by atoms with E-state index >= 15 is 0 Å². The maximum Gasteiger partial charge on any atom is 0.254 e. The zero-order valence-electron chi connectivity index (χ0n) is 15.9. The van der Waals surface area contributed by atoms with Crippen LogP contribution in [-0.4, -0.2) is 34.9 Å². The van der Waals surface area contributed by atoms with Gasteiger partial charge in [0.15, 0.2) is 0 Å². The zero-order chi connectivity index (χ0) is 18.4. The maximum absolute atomic E-state index is 13.1. The van der Waals surface area contributed by atoms with E-state index < -0.39 is 0 Å². The van der Waals surface area contributed by atoms with Gasteiger partial charge in [0.25, 0.3) is 5.91 Å². The normalized spacial score (nSPS) is 17.2. The average Bonchev–Trinajstić information content (AvgIpc) is 2.72. The fourth-order valence-electron chi connectivity index (χ4n) is 3.74. The van der Waals surface area contributed by atoms with Crippen LogP contribution in [-0.2, 0) is 6.54 Å². The SMILES string of the molecule is CCC1CCCCN1C(=O)c1ccnc(N(CC)Cc2ccccc2)c1. The third-order valence-corrected chi connectivity index (χ3v) is 5.27. The number of anilines is 1. The van der Waals surface area contributed by atoms with Gasteiger partial charge in [0.2, 0.25) is 0 Å². The van der Waals surface area contributed by atoms with Crippen LogP contribution in [0, 0.1) is 0 Å². The Morgan fingerprint density at radius 2 is 2.00 bits per heavy atom. The Hall–Kier alpha value is -2.36. The number of amides is 1. The number of nitrogens with zero attached hydrogens (tertiary/aromatic N) is 3. The molecule has 0 saturated carbocycles.